The van der Waals surface area contributed by atoms with Crippen LogP contribution in [-0.2, 0) is 13.0 Å². The van der Waals surface area contributed by atoms with Gasteiger partial charge in [0.2, 0.25) is 11.6 Å². The van der Waals surface area contributed by atoms with E-state index in [1.807, 2.05) is 18.2 Å². The van der Waals surface area contributed by atoms with E-state index in [0.717, 1.165) is 18.7 Å². The summed E-state index contributed by atoms with van der Waals surface area (Å²) in [7, 11) is 0. The third-order valence-electron chi connectivity index (χ3n) is 5.57. The summed E-state index contributed by atoms with van der Waals surface area (Å²) >= 11 is 6.28. The minimum atomic E-state index is -0.647. The summed E-state index contributed by atoms with van der Waals surface area (Å²) in [4.78, 5) is 15.1. The second-order valence-corrected chi connectivity index (χ2v) is 9.38. The number of aromatic hydroxyl groups is 2. The van der Waals surface area contributed by atoms with E-state index in [1.54, 1.807) is 0 Å². The Morgan fingerprint density at radius 2 is 2.06 bits per heavy atom. The first kappa shape index (κ1) is 23.7. The fourth-order valence-corrected chi connectivity index (χ4v) is 4.96. The van der Waals surface area contributed by atoms with E-state index in [2.05, 4.69) is 74.0 Å². The minimum Gasteiger partial charge on any atom is -0.506 e. The standard InChI is InChI=1S/C21H17Br2N9O4/c22-12-7-11(17(33)15(23)18(12)34)8-25-27-21(35)16-14(32(30-26-16)20-19(24)28-36-29-20)9-31-6-5-10-3-1-2-4-13(10)31/h1-4,7-8,33-34H,5-6,9H2,(H2,24,28)(H,27,35)/b25-8+. The zero-order valence-electron chi connectivity index (χ0n) is 18.3. The van der Waals surface area contributed by atoms with Crippen molar-refractivity contribution in [3.63, 3.8) is 0 Å². The summed E-state index contributed by atoms with van der Waals surface area (Å²) in [5.74, 6) is -0.961. The van der Waals surface area contributed by atoms with Crippen molar-refractivity contribution in [3.05, 3.63) is 61.8 Å². The Morgan fingerprint density at radius 1 is 1.25 bits per heavy atom. The molecule has 36 heavy (non-hydrogen) atoms. The lowest BCUT2D eigenvalue weighted by Crippen LogP contribution is -2.26. The summed E-state index contributed by atoms with van der Waals surface area (Å²) in [6.45, 7) is 1.02. The lowest BCUT2D eigenvalue weighted by Gasteiger charge is -2.19. The number of hydrogen-bond donors (Lipinski definition) is 4. The summed E-state index contributed by atoms with van der Waals surface area (Å²) in [5.41, 5.74) is 11.1. The van der Waals surface area contributed by atoms with Gasteiger partial charge < -0.3 is 20.8 Å². The van der Waals surface area contributed by atoms with Crippen LogP contribution >= 0.6 is 31.9 Å². The maximum absolute atomic E-state index is 13.0. The molecule has 15 heteroatoms. The van der Waals surface area contributed by atoms with Gasteiger partial charge in [-0.25, -0.2) is 10.1 Å². The Labute approximate surface area is 219 Å². The van der Waals surface area contributed by atoms with Crippen LogP contribution in [-0.4, -0.2) is 54.2 Å². The Bertz CT molecular complexity index is 1500. The Hall–Kier alpha value is -3.98. The summed E-state index contributed by atoms with van der Waals surface area (Å²) in [6, 6.07) is 9.44. The van der Waals surface area contributed by atoms with Gasteiger partial charge >= 0.3 is 0 Å². The average molecular weight is 619 g/mol. The molecule has 0 atom stereocenters. The van der Waals surface area contributed by atoms with Gasteiger partial charge in [0.05, 0.1) is 22.9 Å². The molecule has 0 aliphatic carbocycles. The zero-order valence-corrected chi connectivity index (χ0v) is 21.4. The molecule has 1 amide bonds. The SMILES string of the molecule is Nc1nonc1-n1nnc(C(=O)N/N=C/c2cc(Br)c(O)c(Br)c2O)c1CN1CCc2ccccc21. The zero-order chi connectivity index (χ0) is 25.4. The molecule has 4 aromatic rings. The van der Waals surface area contributed by atoms with Crippen LogP contribution in [0.15, 0.2) is 49.0 Å². The third kappa shape index (κ3) is 4.26. The first-order valence-corrected chi connectivity index (χ1v) is 12.0. The summed E-state index contributed by atoms with van der Waals surface area (Å²) in [6.07, 6.45) is 2.08. The average Bonchev–Trinajstić information content (AvgIpc) is 3.60. The van der Waals surface area contributed by atoms with Crippen LogP contribution in [0.4, 0.5) is 11.5 Å². The van der Waals surface area contributed by atoms with Crippen molar-refractivity contribution in [1.29, 1.82) is 0 Å². The van der Waals surface area contributed by atoms with Gasteiger partial charge in [-0.15, -0.1) is 5.10 Å². The van der Waals surface area contributed by atoms with Crippen molar-refractivity contribution in [1.82, 2.24) is 30.7 Å². The highest BCUT2D eigenvalue weighted by Crippen LogP contribution is 2.40. The number of phenols is 2. The highest BCUT2D eigenvalue weighted by molar-refractivity contribution is 9.11. The smallest absolute Gasteiger partial charge is 0.293 e. The number of hydrazone groups is 1. The quantitative estimate of drug-likeness (QED) is 0.185. The molecule has 184 valence electrons. The molecule has 13 nitrogen and oxygen atoms in total. The highest BCUT2D eigenvalue weighted by atomic mass is 79.9. The molecule has 0 saturated heterocycles. The fraction of sp³-hybridized carbons (Fsp3) is 0.143. The van der Waals surface area contributed by atoms with Crippen molar-refractivity contribution < 1.29 is 19.6 Å². The predicted octanol–water partition coefficient (Wildman–Crippen LogP) is 2.50. The number of carbonyl (C=O) groups is 1. The highest BCUT2D eigenvalue weighted by Gasteiger charge is 2.28. The number of nitrogen functional groups attached to an aromatic ring is 1. The third-order valence-corrected chi connectivity index (χ3v) is 6.92. The lowest BCUT2D eigenvalue weighted by atomic mass is 10.2. The number of fused-ring (bicyclic) bond motifs is 1. The number of nitrogens with zero attached hydrogens (tertiary/aromatic N) is 7. The van der Waals surface area contributed by atoms with Crippen molar-refractivity contribution >= 4 is 55.5 Å². The van der Waals surface area contributed by atoms with E-state index < -0.39 is 5.91 Å². The van der Waals surface area contributed by atoms with Crippen LogP contribution in [0.3, 0.4) is 0 Å². The van der Waals surface area contributed by atoms with E-state index in [0.29, 0.717) is 10.2 Å². The van der Waals surface area contributed by atoms with Gasteiger partial charge in [-0.2, -0.15) is 9.78 Å². The van der Waals surface area contributed by atoms with Crippen molar-refractivity contribution in [3.8, 4) is 17.3 Å². The van der Waals surface area contributed by atoms with Gasteiger partial charge in [0.1, 0.15) is 16.0 Å². The molecule has 1 aliphatic rings. The van der Waals surface area contributed by atoms with Gasteiger partial charge in [0.15, 0.2) is 5.69 Å². The van der Waals surface area contributed by atoms with Crippen LogP contribution in [0.2, 0.25) is 0 Å². The molecule has 0 saturated carbocycles. The second-order valence-electron chi connectivity index (χ2n) is 7.73. The van der Waals surface area contributed by atoms with E-state index in [4.69, 9.17) is 10.4 Å². The van der Waals surface area contributed by atoms with E-state index in [1.165, 1.54) is 22.5 Å². The molecule has 0 fully saturated rings. The number of halogens is 2. The van der Waals surface area contributed by atoms with Crippen LogP contribution in [0.1, 0.15) is 27.3 Å². The topological polar surface area (TPSA) is 181 Å². The molecule has 5 N–H and O–H groups in total. The number of benzene rings is 2. The van der Waals surface area contributed by atoms with Crippen molar-refractivity contribution in [2.24, 2.45) is 5.10 Å². The molecular formula is C21H17Br2N9O4. The molecule has 3 heterocycles. The molecule has 2 aromatic heterocycles. The van der Waals surface area contributed by atoms with E-state index >= 15 is 0 Å². The minimum absolute atomic E-state index is 0.00350. The van der Waals surface area contributed by atoms with Gasteiger partial charge in [-0.3, -0.25) is 4.79 Å². The number of anilines is 2. The Balaban J connectivity index is 1.44. The number of nitrogens with two attached hydrogens (primary N) is 1. The molecule has 2 aromatic carbocycles. The number of phenolic OH excluding ortho intramolecular Hbond substituents is 2. The van der Waals surface area contributed by atoms with Crippen LogP contribution in [0.25, 0.3) is 5.82 Å². The second kappa shape index (κ2) is 9.58. The normalized spacial score (nSPS) is 12.9. The Morgan fingerprint density at radius 3 is 2.83 bits per heavy atom. The number of carbonyl (C=O) groups excluding carboxylic acids is 1. The fourth-order valence-electron chi connectivity index (χ4n) is 3.81. The molecular weight excluding hydrogens is 602 g/mol. The maximum atomic E-state index is 13.0. The van der Waals surface area contributed by atoms with Crippen LogP contribution in [0, 0.1) is 0 Å². The Kier molecular flexibility index (Phi) is 6.32. The molecule has 0 bridgehead atoms. The van der Waals surface area contributed by atoms with Gasteiger partial charge in [-0.05, 0) is 66.3 Å². The molecule has 0 spiro atoms. The van der Waals surface area contributed by atoms with Gasteiger partial charge in [0, 0.05) is 17.8 Å². The first-order valence-electron chi connectivity index (χ1n) is 10.4. The monoisotopic (exact) mass is 617 g/mol. The molecule has 0 radical (unpaired) electrons. The summed E-state index contributed by atoms with van der Waals surface area (Å²) in [5, 5.41) is 39.5. The van der Waals surface area contributed by atoms with E-state index in [9.17, 15) is 15.0 Å². The maximum Gasteiger partial charge on any atom is 0.293 e. The predicted molar refractivity (Wildman–Crippen MR) is 135 cm³/mol. The number of hydrogen-bond acceptors (Lipinski definition) is 11. The molecule has 1 aliphatic heterocycles. The largest absolute Gasteiger partial charge is 0.506 e. The van der Waals surface area contributed by atoms with Gasteiger partial charge in [-0.1, -0.05) is 23.4 Å². The van der Waals surface area contributed by atoms with Crippen LogP contribution in [0.5, 0.6) is 11.5 Å². The number of nitrogens with one attached hydrogen (secondary N) is 1. The number of rotatable bonds is 6. The molecule has 0 unspecified atom stereocenters. The number of aromatic nitrogens is 5. The van der Waals surface area contributed by atoms with Crippen molar-refractivity contribution in [2.45, 2.75) is 13.0 Å². The number of amides is 1. The number of para-hydroxylation sites is 1. The lowest BCUT2D eigenvalue weighted by molar-refractivity contribution is 0.0949. The summed E-state index contributed by atoms with van der Waals surface area (Å²) < 4.78 is 6.43. The van der Waals surface area contributed by atoms with Crippen molar-refractivity contribution in [2.75, 3.05) is 17.2 Å². The van der Waals surface area contributed by atoms with Gasteiger partial charge in [0.25, 0.3) is 5.91 Å². The van der Waals surface area contributed by atoms with E-state index in [-0.39, 0.29) is 45.4 Å². The van der Waals surface area contributed by atoms with Crippen LogP contribution < -0.4 is 16.1 Å². The first-order chi connectivity index (χ1) is 17.3. The molecule has 5 rings (SSSR count).